The summed E-state index contributed by atoms with van der Waals surface area (Å²) in [4.78, 5) is 0. The minimum absolute atomic E-state index is 0.00472. The molecule has 4 heteroatoms. The standard InChI is InChI=1S/C5H8N2O2/c8-4-3-7-5(9)1-2-6-7/h1-2,8-9H,3-4H2. The van der Waals surface area contributed by atoms with Gasteiger partial charge < -0.3 is 10.2 Å². The lowest BCUT2D eigenvalue weighted by Gasteiger charge is -1.96. The van der Waals surface area contributed by atoms with Crippen molar-refractivity contribution in [2.45, 2.75) is 6.54 Å². The first-order valence-electron chi connectivity index (χ1n) is 2.66. The summed E-state index contributed by atoms with van der Waals surface area (Å²) in [5.74, 6) is 0.0871. The van der Waals surface area contributed by atoms with Gasteiger partial charge in [-0.25, -0.2) is 4.68 Å². The fraction of sp³-hybridized carbons (Fsp3) is 0.400. The molecule has 0 bridgehead atoms. The van der Waals surface area contributed by atoms with E-state index >= 15 is 0 Å². The molecule has 0 aliphatic carbocycles. The van der Waals surface area contributed by atoms with Crippen LogP contribution in [0.5, 0.6) is 5.88 Å². The fourth-order valence-electron chi connectivity index (χ4n) is 0.593. The van der Waals surface area contributed by atoms with Crippen LogP contribution in [-0.4, -0.2) is 26.6 Å². The van der Waals surface area contributed by atoms with Crippen molar-refractivity contribution in [1.82, 2.24) is 9.78 Å². The molecule has 1 heterocycles. The summed E-state index contributed by atoms with van der Waals surface area (Å²) in [5.41, 5.74) is 0. The second-order valence-electron chi connectivity index (χ2n) is 1.64. The zero-order valence-electron chi connectivity index (χ0n) is 4.86. The van der Waals surface area contributed by atoms with E-state index in [9.17, 15) is 0 Å². The van der Waals surface area contributed by atoms with Crippen LogP contribution in [0, 0.1) is 0 Å². The van der Waals surface area contributed by atoms with Crippen LogP contribution in [0.2, 0.25) is 0 Å². The van der Waals surface area contributed by atoms with Crippen molar-refractivity contribution >= 4 is 0 Å². The molecule has 0 aliphatic heterocycles. The van der Waals surface area contributed by atoms with Crippen molar-refractivity contribution in [3.63, 3.8) is 0 Å². The number of aliphatic hydroxyl groups is 1. The summed E-state index contributed by atoms with van der Waals surface area (Å²) in [6.45, 7) is 0.341. The van der Waals surface area contributed by atoms with Crippen LogP contribution in [0.4, 0.5) is 0 Å². The van der Waals surface area contributed by atoms with Gasteiger partial charge in [-0.05, 0) is 0 Å². The third kappa shape index (κ3) is 1.20. The van der Waals surface area contributed by atoms with E-state index in [0.717, 1.165) is 0 Å². The molecule has 0 radical (unpaired) electrons. The Labute approximate surface area is 52.4 Å². The van der Waals surface area contributed by atoms with E-state index in [4.69, 9.17) is 10.2 Å². The first-order valence-corrected chi connectivity index (χ1v) is 2.66. The minimum atomic E-state index is -0.00472. The SMILES string of the molecule is OCCn1nccc1O. The largest absolute Gasteiger partial charge is 0.493 e. The van der Waals surface area contributed by atoms with E-state index in [-0.39, 0.29) is 12.5 Å². The number of rotatable bonds is 2. The molecule has 4 nitrogen and oxygen atoms in total. The summed E-state index contributed by atoms with van der Waals surface area (Å²) < 4.78 is 1.32. The van der Waals surface area contributed by atoms with E-state index < -0.39 is 0 Å². The summed E-state index contributed by atoms with van der Waals surface area (Å²) in [6, 6.07) is 1.47. The second kappa shape index (κ2) is 2.50. The van der Waals surface area contributed by atoms with Gasteiger partial charge in [0.05, 0.1) is 19.3 Å². The Morgan fingerprint density at radius 2 is 2.44 bits per heavy atom. The van der Waals surface area contributed by atoms with Crippen LogP contribution >= 0.6 is 0 Å². The predicted molar refractivity (Wildman–Crippen MR) is 31.0 cm³/mol. The highest BCUT2D eigenvalue weighted by Crippen LogP contribution is 2.03. The third-order valence-corrected chi connectivity index (χ3v) is 1.01. The van der Waals surface area contributed by atoms with Gasteiger partial charge in [-0.15, -0.1) is 0 Å². The molecule has 0 spiro atoms. The molecule has 0 unspecified atom stereocenters. The first-order chi connectivity index (χ1) is 4.34. The molecule has 0 atom stereocenters. The number of aliphatic hydroxyl groups excluding tert-OH is 1. The molecule has 0 aliphatic rings. The van der Waals surface area contributed by atoms with Gasteiger partial charge in [-0.2, -0.15) is 5.10 Å². The molecule has 0 fully saturated rings. The Morgan fingerprint density at radius 3 is 2.89 bits per heavy atom. The van der Waals surface area contributed by atoms with E-state index in [2.05, 4.69) is 5.10 Å². The maximum Gasteiger partial charge on any atom is 0.209 e. The van der Waals surface area contributed by atoms with Crippen molar-refractivity contribution in [3.05, 3.63) is 12.3 Å². The van der Waals surface area contributed by atoms with Crippen molar-refractivity contribution in [2.24, 2.45) is 0 Å². The molecule has 2 N–H and O–H groups in total. The van der Waals surface area contributed by atoms with Crippen LogP contribution in [0.25, 0.3) is 0 Å². The highest BCUT2D eigenvalue weighted by Gasteiger charge is 1.95. The average Bonchev–Trinajstić information content (AvgIpc) is 2.18. The zero-order valence-corrected chi connectivity index (χ0v) is 4.86. The summed E-state index contributed by atoms with van der Waals surface area (Å²) in [7, 11) is 0. The van der Waals surface area contributed by atoms with Crippen LogP contribution in [-0.2, 0) is 6.54 Å². The zero-order chi connectivity index (χ0) is 6.69. The van der Waals surface area contributed by atoms with Crippen LogP contribution < -0.4 is 0 Å². The Bertz CT molecular complexity index is 185. The van der Waals surface area contributed by atoms with Gasteiger partial charge in [0.2, 0.25) is 5.88 Å². The van der Waals surface area contributed by atoms with E-state index in [1.165, 1.54) is 16.9 Å². The topological polar surface area (TPSA) is 58.3 Å². The molecule has 0 saturated heterocycles. The number of hydrogen-bond donors (Lipinski definition) is 2. The molecular weight excluding hydrogens is 120 g/mol. The maximum absolute atomic E-state index is 8.87. The van der Waals surface area contributed by atoms with Gasteiger partial charge in [0.15, 0.2) is 0 Å². The van der Waals surface area contributed by atoms with Gasteiger partial charge in [0, 0.05) is 6.07 Å². The maximum atomic E-state index is 8.87. The highest BCUT2D eigenvalue weighted by atomic mass is 16.3. The van der Waals surface area contributed by atoms with Gasteiger partial charge >= 0.3 is 0 Å². The Balaban J connectivity index is 2.69. The highest BCUT2D eigenvalue weighted by molar-refractivity contribution is 5.04. The van der Waals surface area contributed by atoms with E-state index in [1.807, 2.05) is 0 Å². The van der Waals surface area contributed by atoms with Crippen molar-refractivity contribution < 1.29 is 10.2 Å². The second-order valence-corrected chi connectivity index (χ2v) is 1.64. The Hall–Kier alpha value is -1.03. The average molecular weight is 128 g/mol. The third-order valence-electron chi connectivity index (χ3n) is 1.01. The predicted octanol–water partition coefficient (Wildman–Crippen LogP) is -0.419. The molecule has 9 heavy (non-hydrogen) atoms. The van der Waals surface area contributed by atoms with Crippen molar-refractivity contribution in [1.29, 1.82) is 0 Å². The monoisotopic (exact) mass is 128 g/mol. The lowest BCUT2D eigenvalue weighted by molar-refractivity contribution is 0.258. The van der Waals surface area contributed by atoms with Gasteiger partial charge in [0.1, 0.15) is 0 Å². The van der Waals surface area contributed by atoms with Crippen LogP contribution in [0.1, 0.15) is 0 Å². The van der Waals surface area contributed by atoms with Gasteiger partial charge in [-0.1, -0.05) is 0 Å². The Kier molecular flexibility index (Phi) is 1.69. The lowest BCUT2D eigenvalue weighted by atomic mass is 10.6. The quantitative estimate of drug-likeness (QED) is 0.568. The number of nitrogens with zero attached hydrogens (tertiary/aromatic N) is 2. The fourth-order valence-corrected chi connectivity index (χ4v) is 0.593. The first kappa shape index (κ1) is 6.10. The van der Waals surface area contributed by atoms with Crippen LogP contribution in [0.15, 0.2) is 12.3 Å². The lowest BCUT2D eigenvalue weighted by Crippen LogP contribution is -2.02. The molecule has 1 aromatic heterocycles. The molecule has 0 saturated carbocycles. The van der Waals surface area contributed by atoms with Crippen molar-refractivity contribution in [3.8, 4) is 5.88 Å². The number of aromatic hydroxyl groups is 1. The molecule has 0 aromatic carbocycles. The molecule has 0 amide bonds. The van der Waals surface area contributed by atoms with Crippen molar-refractivity contribution in [2.75, 3.05) is 6.61 Å². The molecule has 1 rings (SSSR count). The van der Waals surface area contributed by atoms with E-state index in [1.54, 1.807) is 0 Å². The summed E-state index contributed by atoms with van der Waals surface area (Å²) in [6.07, 6.45) is 1.48. The number of hydrogen-bond acceptors (Lipinski definition) is 3. The molecule has 1 aromatic rings. The van der Waals surface area contributed by atoms with Gasteiger partial charge in [-0.3, -0.25) is 0 Å². The number of aromatic nitrogens is 2. The van der Waals surface area contributed by atoms with E-state index in [0.29, 0.717) is 6.54 Å². The summed E-state index contributed by atoms with van der Waals surface area (Å²) in [5, 5.41) is 21.0. The normalized spacial score (nSPS) is 9.89. The molecule has 50 valence electrons. The minimum Gasteiger partial charge on any atom is -0.493 e. The summed E-state index contributed by atoms with van der Waals surface area (Å²) >= 11 is 0. The van der Waals surface area contributed by atoms with Gasteiger partial charge in [0.25, 0.3) is 0 Å². The smallest absolute Gasteiger partial charge is 0.209 e. The molecular formula is C5H8N2O2. The Morgan fingerprint density at radius 1 is 1.67 bits per heavy atom. The van der Waals surface area contributed by atoms with Crippen LogP contribution in [0.3, 0.4) is 0 Å².